The summed E-state index contributed by atoms with van der Waals surface area (Å²) in [4.78, 5) is 56.7. The number of carbonyl (C=O) groups is 4. The molecule has 2 unspecified atom stereocenters. The van der Waals surface area contributed by atoms with Gasteiger partial charge in [-0.1, -0.05) is 40.2 Å². The Labute approximate surface area is 210 Å². The van der Waals surface area contributed by atoms with Crippen LogP contribution >= 0.6 is 15.9 Å². The van der Waals surface area contributed by atoms with E-state index in [0.717, 1.165) is 14.9 Å². The van der Waals surface area contributed by atoms with Crippen molar-refractivity contribution in [1.29, 1.82) is 0 Å². The highest BCUT2D eigenvalue weighted by Crippen LogP contribution is 2.40. The lowest BCUT2D eigenvalue weighted by molar-refractivity contribution is -0.144. The van der Waals surface area contributed by atoms with Gasteiger partial charge in [0.25, 0.3) is 11.8 Å². The third-order valence-electron chi connectivity index (χ3n) is 6.14. The van der Waals surface area contributed by atoms with E-state index in [1.807, 2.05) is 24.3 Å². The quantitative estimate of drug-likeness (QED) is 0.408. The number of ether oxygens (including phenoxy) is 2. The fourth-order valence-corrected chi connectivity index (χ4v) is 4.96. The maximum absolute atomic E-state index is 13.3. The van der Waals surface area contributed by atoms with E-state index in [-0.39, 0.29) is 18.7 Å². The molecular weight excluding hydrogens is 516 g/mol. The zero-order valence-corrected chi connectivity index (χ0v) is 21.0. The standard InChI is InChI=1S/C26H23BrN2O6/c1-14-20(25(32)34-3)22(16-7-6-8-17(27)13-16)21(15(2)28-14)26(33)35-12-11-29-23(30)18-9-4-5-10-19(18)24(29)31/h4-10,13,20,22H,11-12H2,1-3H3. The molecule has 2 heterocycles. The lowest BCUT2D eigenvalue weighted by Gasteiger charge is -2.31. The topological polar surface area (TPSA) is 102 Å². The molecule has 0 fully saturated rings. The summed E-state index contributed by atoms with van der Waals surface area (Å²) in [6.45, 7) is 3.12. The Bertz CT molecular complexity index is 1260. The maximum Gasteiger partial charge on any atom is 0.336 e. The molecule has 0 saturated heterocycles. The van der Waals surface area contributed by atoms with E-state index in [1.54, 1.807) is 38.1 Å². The molecule has 2 aromatic carbocycles. The summed E-state index contributed by atoms with van der Waals surface area (Å²) >= 11 is 3.45. The van der Waals surface area contributed by atoms with Crippen LogP contribution in [0.5, 0.6) is 0 Å². The first-order chi connectivity index (χ1) is 16.7. The minimum atomic E-state index is -0.809. The number of imide groups is 1. The van der Waals surface area contributed by atoms with E-state index >= 15 is 0 Å². The highest BCUT2D eigenvalue weighted by molar-refractivity contribution is 9.10. The van der Waals surface area contributed by atoms with Crippen molar-refractivity contribution in [2.24, 2.45) is 10.9 Å². The number of aliphatic imine (C=N–C) groups is 1. The molecule has 9 heteroatoms. The van der Waals surface area contributed by atoms with E-state index in [9.17, 15) is 19.2 Å². The average Bonchev–Trinajstić information content (AvgIpc) is 3.08. The fourth-order valence-electron chi connectivity index (χ4n) is 4.54. The zero-order chi connectivity index (χ0) is 25.3. The van der Waals surface area contributed by atoms with Crippen LogP contribution in [0.4, 0.5) is 0 Å². The first-order valence-electron chi connectivity index (χ1n) is 11.0. The number of rotatable bonds is 6. The van der Waals surface area contributed by atoms with Gasteiger partial charge in [0.2, 0.25) is 0 Å². The molecule has 2 aromatic rings. The molecule has 35 heavy (non-hydrogen) atoms. The second kappa shape index (κ2) is 9.95. The SMILES string of the molecule is COC(=O)C1C(C)=NC(C)=C(C(=O)OCCN2C(=O)c3ccccc3C2=O)C1c1cccc(Br)c1. The van der Waals surface area contributed by atoms with Crippen LogP contribution in [0, 0.1) is 5.92 Å². The summed E-state index contributed by atoms with van der Waals surface area (Å²) in [7, 11) is 1.29. The van der Waals surface area contributed by atoms with E-state index in [4.69, 9.17) is 9.47 Å². The maximum atomic E-state index is 13.3. The summed E-state index contributed by atoms with van der Waals surface area (Å²) in [5.74, 6) is -3.52. The van der Waals surface area contributed by atoms with Gasteiger partial charge in [0.1, 0.15) is 12.5 Å². The summed E-state index contributed by atoms with van der Waals surface area (Å²) in [6, 6.07) is 13.9. The number of hydrogen-bond acceptors (Lipinski definition) is 7. The Hall–Kier alpha value is -3.59. The molecule has 2 atom stereocenters. The third kappa shape index (κ3) is 4.55. The van der Waals surface area contributed by atoms with Gasteiger partial charge >= 0.3 is 11.9 Å². The summed E-state index contributed by atoms with van der Waals surface area (Å²) in [6.07, 6.45) is 0. The molecule has 0 aromatic heterocycles. The summed E-state index contributed by atoms with van der Waals surface area (Å²) < 4.78 is 11.3. The van der Waals surface area contributed by atoms with Crippen LogP contribution in [0.2, 0.25) is 0 Å². The Morgan fingerprint density at radius 2 is 1.69 bits per heavy atom. The number of carbonyl (C=O) groups excluding carboxylic acids is 4. The molecule has 2 aliphatic heterocycles. The van der Waals surface area contributed by atoms with Crippen LogP contribution in [0.15, 0.2) is 69.3 Å². The van der Waals surface area contributed by atoms with Gasteiger partial charge in [-0.3, -0.25) is 24.3 Å². The largest absolute Gasteiger partial charge is 0.468 e. The lowest BCUT2D eigenvalue weighted by Crippen LogP contribution is -2.37. The molecule has 0 N–H and O–H groups in total. The van der Waals surface area contributed by atoms with Crippen molar-refractivity contribution >= 4 is 45.4 Å². The van der Waals surface area contributed by atoms with Crippen molar-refractivity contribution in [3.8, 4) is 0 Å². The van der Waals surface area contributed by atoms with Gasteiger partial charge in [0.15, 0.2) is 0 Å². The van der Waals surface area contributed by atoms with Crippen molar-refractivity contribution in [2.45, 2.75) is 19.8 Å². The van der Waals surface area contributed by atoms with Crippen LogP contribution in [0.25, 0.3) is 0 Å². The van der Waals surface area contributed by atoms with E-state index < -0.39 is 35.6 Å². The molecule has 0 bridgehead atoms. The number of esters is 2. The van der Waals surface area contributed by atoms with Gasteiger partial charge in [-0.15, -0.1) is 0 Å². The van der Waals surface area contributed by atoms with Crippen molar-refractivity contribution in [2.75, 3.05) is 20.3 Å². The van der Waals surface area contributed by atoms with Gasteiger partial charge < -0.3 is 9.47 Å². The van der Waals surface area contributed by atoms with Gasteiger partial charge in [-0.2, -0.15) is 0 Å². The molecular formula is C26H23BrN2O6. The number of halogens is 1. The van der Waals surface area contributed by atoms with Crippen LogP contribution < -0.4 is 0 Å². The highest BCUT2D eigenvalue weighted by Gasteiger charge is 2.42. The van der Waals surface area contributed by atoms with Crippen molar-refractivity contribution in [3.05, 3.63) is 81.0 Å². The van der Waals surface area contributed by atoms with Crippen LogP contribution in [-0.2, 0) is 19.1 Å². The normalized spacial score (nSPS) is 19.4. The first-order valence-corrected chi connectivity index (χ1v) is 11.8. The summed E-state index contributed by atoms with van der Waals surface area (Å²) in [5.41, 5.74) is 2.56. The Morgan fingerprint density at radius 3 is 2.29 bits per heavy atom. The first kappa shape index (κ1) is 24.5. The predicted molar refractivity (Wildman–Crippen MR) is 131 cm³/mol. The minimum absolute atomic E-state index is 0.0886. The average molecular weight is 539 g/mol. The third-order valence-corrected chi connectivity index (χ3v) is 6.63. The van der Waals surface area contributed by atoms with E-state index in [2.05, 4.69) is 20.9 Å². The number of benzene rings is 2. The number of hydrogen-bond donors (Lipinski definition) is 0. The molecule has 4 rings (SSSR count). The number of nitrogens with zero attached hydrogens (tertiary/aromatic N) is 2. The Balaban J connectivity index is 1.57. The van der Waals surface area contributed by atoms with Gasteiger partial charge in [-0.05, 0) is 43.7 Å². The molecule has 0 aliphatic carbocycles. The Morgan fingerprint density at radius 1 is 1.03 bits per heavy atom. The Kier molecular flexibility index (Phi) is 6.98. The van der Waals surface area contributed by atoms with Crippen LogP contribution in [0.1, 0.15) is 46.0 Å². The van der Waals surface area contributed by atoms with Crippen LogP contribution in [0.3, 0.4) is 0 Å². The minimum Gasteiger partial charge on any atom is -0.468 e. The van der Waals surface area contributed by atoms with Crippen molar-refractivity contribution < 1.29 is 28.7 Å². The fraction of sp³-hybridized carbons (Fsp3) is 0.269. The number of fused-ring (bicyclic) bond motifs is 1. The van der Waals surface area contributed by atoms with Crippen LogP contribution in [-0.4, -0.2) is 54.6 Å². The highest BCUT2D eigenvalue weighted by atomic mass is 79.9. The van der Waals surface area contributed by atoms with Gasteiger partial charge in [-0.25, -0.2) is 4.79 Å². The molecule has 8 nitrogen and oxygen atoms in total. The van der Waals surface area contributed by atoms with Crippen molar-refractivity contribution in [1.82, 2.24) is 4.90 Å². The number of methoxy groups -OCH3 is 1. The van der Waals surface area contributed by atoms with Crippen molar-refractivity contribution in [3.63, 3.8) is 0 Å². The predicted octanol–water partition coefficient (Wildman–Crippen LogP) is 3.91. The van der Waals surface area contributed by atoms with Gasteiger partial charge in [0.05, 0.1) is 30.4 Å². The molecule has 0 spiro atoms. The second-order valence-electron chi connectivity index (χ2n) is 8.23. The molecule has 0 radical (unpaired) electrons. The second-order valence-corrected chi connectivity index (χ2v) is 9.14. The van der Waals surface area contributed by atoms with E-state index in [1.165, 1.54) is 7.11 Å². The molecule has 2 aliphatic rings. The molecule has 0 saturated carbocycles. The number of amides is 2. The smallest absolute Gasteiger partial charge is 0.336 e. The monoisotopic (exact) mass is 538 g/mol. The van der Waals surface area contributed by atoms with E-state index in [0.29, 0.717) is 22.5 Å². The summed E-state index contributed by atoms with van der Waals surface area (Å²) in [5, 5.41) is 0. The zero-order valence-electron chi connectivity index (χ0n) is 19.4. The number of allylic oxidation sites excluding steroid dienone is 1. The van der Waals surface area contributed by atoms with Gasteiger partial charge in [0, 0.05) is 21.8 Å². The molecule has 2 amide bonds. The lowest BCUT2D eigenvalue weighted by atomic mass is 9.75. The molecule has 180 valence electrons.